The molecule has 0 aromatic heterocycles. The van der Waals surface area contributed by atoms with E-state index >= 15 is 0 Å². The van der Waals surface area contributed by atoms with Crippen molar-refractivity contribution in [1.82, 2.24) is 5.48 Å². The number of hydrogen-bond donors (Lipinski definition) is 1. The normalized spacial score (nSPS) is 26.8. The first-order valence-electron chi connectivity index (χ1n) is 4.20. The Balaban J connectivity index is 2.21. The van der Waals surface area contributed by atoms with Crippen molar-refractivity contribution < 1.29 is 14.4 Å². The van der Waals surface area contributed by atoms with Crippen molar-refractivity contribution in [3.05, 3.63) is 0 Å². The summed E-state index contributed by atoms with van der Waals surface area (Å²) in [5.41, 5.74) is 2.28. The molecule has 0 spiro atoms. The quantitative estimate of drug-likeness (QED) is 0.383. The van der Waals surface area contributed by atoms with Crippen molar-refractivity contribution in [2.24, 2.45) is 5.92 Å². The third-order valence-corrected chi connectivity index (χ3v) is 1.90. The standard InChI is InChI=1S/C9H13NO3/c1-3-4-13-10-9(11)8-5-7(2)12-6-8/h1,7-8H,4-6H2,2H3,(H,10,11). The van der Waals surface area contributed by atoms with Gasteiger partial charge in [-0.2, -0.15) is 0 Å². The van der Waals surface area contributed by atoms with E-state index in [-0.39, 0.29) is 24.5 Å². The van der Waals surface area contributed by atoms with Crippen LogP contribution in [0.1, 0.15) is 13.3 Å². The van der Waals surface area contributed by atoms with Gasteiger partial charge in [0.2, 0.25) is 5.91 Å². The van der Waals surface area contributed by atoms with Crippen LogP contribution in [0.4, 0.5) is 0 Å². The average molecular weight is 183 g/mol. The lowest BCUT2D eigenvalue weighted by atomic mass is 10.1. The lowest BCUT2D eigenvalue weighted by molar-refractivity contribution is -0.136. The predicted molar refractivity (Wildman–Crippen MR) is 46.4 cm³/mol. The molecule has 0 aliphatic carbocycles. The predicted octanol–water partition coefficient (Wildman–Crippen LogP) is 0.0924. The van der Waals surface area contributed by atoms with Crippen molar-refractivity contribution >= 4 is 5.91 Å². The molecule has 2 atom stereocenters. The second kappa shape index (κ2) is 4.85. The molecule has 1 saturated heterocycles. The molecular weight excluding hydrogens is 170 g/mol. The summed E-state index contributed by atoms with van der Waals surface area (Å²) >= 11 is 0. The number of terminal acetylenes is 1. The van der Waals surface area contributed by atoms with Gasteiger partial charge in [0, 0.05) is 0 Å². The fraction of sp³-hybridized carbons (Fsp3) is 0.667. The SMILES string of the molecule is C#CCONC(=O)C1COC(C)C1. The first-order chi connectivity index (χ1) is 6.24. The molecule has 0 radical (unpaired) electrons. The molecule has 1 N–H and O–H groups in total. The first-order valence-corrected chi connectivity index (χ1v) is 4.20. The van der Waals surface area contributed by atoms with E-state index in [1.807, 2.05) is 6.92 Å². The number of carbonyl (C=O) groups excluding carboxylic acids is 1. The van der Waals surface area contributed by atoms with Crippen LogP contribution in [0.3, 0.4) is 0 Å². The van der Waals surface area contributed by atoms with Crippen LogP contribution >= 0.6 is 0 Å². The van der Waals surface area contributed by atoms with Gasteiger partial charge in [-0.05, 0) is 13.3 Å². The van der Waals surface area contributed by atoms with Gasteiger partial charge < -0.3 is 4.74 Å². The number of amides is 1. The zero-order valence-corrected chi connectivity index (χ0v) is 7.58. The van der Waals surface area contributed by atoms with Crippen LogP contribution in [0.15, 0.2) is 0 Å². The number of carbonyl (C=O) groups is 1. The molecular formula is C9H13NO3. The van der Waals surface area contributed by atoms with Crippen LogP contribution in [0, 0.1) is 18.3 Å². The lowest BCUT2D eigenvalue weighted by Crippen LogP contribution is -2.31. The van der Waals surface area contributed by atoms with E-state index in [0.29, 0.717) is 6.61 Å². The van der Waals surface area contributed by atoms with E-state index in [1.165, 1.54) is 0 Å². The second-order valence-electron chi connectivity index (χ2n) is 3.04. The van der Waals surface area contributed by atoms with Gasteiger partial charge in [-0.1, -0.05) is 5.92 Å². The van der Waals surface area contributed by atoms with Crippen molar-refractivity contribution in [1.29, 1.82) is 0 Å². The molecule has 1 aliphatic rings. The summed E-state index contributed by atoms with van der Waals surface area (Å²) in [5, 5.41) is 0. The topological polar surface area (TPSA) is 47.6 Å². The van der Waals surface area contributed by atoms with Crippen LogP contribution in [-0.2, 0) is 14.4 Å². The fourth-order valence-electron chi connectivity index (χ4n) is 1.23. The van der Waals surface area contributed by atoms with Gasteiger partial charge in [-0.15, -0.1) is 6.42 Å². The maximum Gasteiger partial charge on any atom is 0.249 e. The van der Waals surface area contributed by atoms with E-state index in [9.17, 15) is 4.79 Å². The van der Waals surface area contributed by atoms with Gasteiger partial charge in [0.1, 0.15) is 6.61 Å². The number of hydroxylamine groups is 1. The van der Waals surface area contributed by atoms with Gasteiger partial charge >= 0.3 is 0 Å². The van der Waals surface area contributed by atoms with Gasteiger partial charge in [0.05, 0.1) is 18.6 Å². The molecule has 1 amide bonds. The Kier molecular flexibility index (Phi) is 3.74. The molecule has 13 heavy (non-hydrogen) atoms. The fourth-order valence-corrected chi connectivity index (χ4v) is 1.23. The number of ether oxygens (including phenoxy) is 1. The zero-order chi connectivity index (χ0) is 9.68. The highest BCUT2D eigenvalue weighted by atomic mass is 16.6. The summed E-state index contributed by atoms with van der Waals surface area (Å²) in [5.74, 6) is 2.00. The molecule has 0 saturated carbocycles. The first kappa shape index (κ1) is 10.0. The van der Waals surface area contributed by atoms with E-state index in [2.05, 4.69) is 11.4 Å². The Morgan fingerprint density at radius 1 is 1.85 bits per heavy atom. The van der Waals surface area contributed by atoms with Gasteiger partial charge in [0.15, 0.2) is 0 Å². The minimum absolute atomic E-state index is 0.0921. The summed E-state index contributed by atoms with van der Waals surface area (Å²) in [6.07, 6.45) is 5.84. The Morgan fingerprint density at radius 3 is 3.15 bits per heavy atom. The van der Waals surface area contributed by atoms with Crippen LogP contribution in [0.25, 0.3) is 0 Å². The maximum atomic E-state index is 11.3. The molecule has 4 nitrogen and oxygen atoms in total. The highest BCUT2D eigenvalue weighted by Gasteiger charge is 2.28. The minimum Gasteiger partial charge on any atom is -0.378 e. The third kappa shape index (κ3) is 3.05. The third-order valence-electron chi connectivity index (χ3n) is 1.90. The van der Waals surface area contributed by atoms with Crippen LogP contribution < -0.4 is 5.48 Å². The Morgan fingerprint density at radius 2 is 2.62 bits per heavy atom. The molecule has 0 bridgehead atoms. The summed E-state index contributed by atoms with van der Waals surface area (Å²) in [6, 6.07) is 0. The highest BCUT2D eigenvalue weighted by Crippen LogP contribution is 2.18. The van der Waals surface area contributed by atoms with Crippen molar-refractivity contribution in [2.45, 2.75) is 19.4 Å². The van der Waals surface area contributed by atoms with Gasteiger partial charge in [0.25, 0.3) is 0 Å². The molecule has 1 aliphatic heterocycles. The minimum atomic E-state index is -0.153. The van der Waals surface area contributed by atoms with E-state index in [0.717, 1.165) is 6.42 Å². The van der Waals surface area contributed by atoms with Crippen molar-refractivity contribution in [3.63, 3.8) is 0 Å². The van der Waals surface area contributed by atoms with E-state index < -0.39 is 0 Å². The summed E-state index contributed by atoms with van der Waals surface area (Å²) in [4.78, 5) is 16.0. The smallest absolute Gasteiger partial charge is 0.249 e. The zero-order valence-electron chi connectivity index (χ0n) is 7.58. The van der Waals surface area contributed by atoms with E-state index in [1.54, 1.807) is 0 Å². The molecule has 4 heteroatoms. The molecule has 1 heterocycles. The van der Waals surface area contributed by atoms with Crippen LogP contribution in [-0.4, -0.2) is 25.2 Å². The van der Waals surface area contributed by atoms with Crippen LogP contribution in [0.5, 0.6) is 0 Å². The number of nitrogens with one attached hydrogen (secondary N) is 1. The Bertz CT molecular complexity index is 221. The molecule has 1 rings (SSSR count). The van der Waals surface area contributed by atoms with Crippen LogP contribution in [0.2, 0.25) is 0 Å². The average Bonchev–Trinajstić information content (AvgIpc) is 2.52. The summed E-state index contributed by atoms with van der Waals surface area (Å²) in [6.45, 7) is 2.50. The molecule has 72 valence electrons. The maximum absolute atomic E-state index is 11.3. The van der Waals surface area contributed by atoms with Gasteiger partial charge in [-0.3, -0.25) is 9.63 Å². The van der Waals surface area contributed by atoms with E-state index in [4.69, 9.17) is 16.0 Å². The Hall–Kier alpha value is -1.05. The molecule has 0 aromatic carbocycles. The second-order valence-corrected chi connectivity index (χ2v) is 3.04. The lowest BCUT2D eigenvalue weighted by Gasteiger charge is -2.07. The molecule has 0 aromatic rings. The molecule has 2 unspecified atom stereocenters. The monoisotopic (exact) mass is 183 g/mol. The number of hydrogen-bond acceptors (Lipinski definition) is 3. The van der Waals surface area contributed by atoms with Gasteiger partial charge in [-0.25, -0.2) is 5.48 Å². The summed E-state index contributed by atoms with van der Waals surface area (Å²) < 4.78 is 5.24. The van der Waals surface area contributed by atoms with Crippen molar-refractivity contribution in [2.75, 3.05) is 13.2 Å². The highest BCUT2D eigenvalue weighted by molar-refractivity contribution is 5.78. The largest absolute Gasteiger partial charge is 0.378 e. The summed E-state index contributed by atoms with van der Waals surface area (Å²) in [7, 11) is 0. The molecule has 1 fully saturated rings. The Labute approximate surface area is 77.5 Å². The van der Waals surface area contributed by atoms with Crippen molar-refractivity contribution in [3.8, 4) is 12.3 Å². The number of rotatable bonds is 3.